The molecule has 0 atom stereocenters. The second kappa shape index (κ2) is 9.02. The van der Waals surface area contributed by atoms with Crippen LogP contribution in [-0.2, 0) is 9.47 Å². The second-order valence-electron chi connectivity index (χ2n) is 7.08. The number of aromatic nitrogens is 2. The van der Waals surface area contributed by atoms with Crippen molar-refractivity contribution in [1.29, 1.82) is 0 Å². The van der Waals surface area contributed by atoms with Gasteiger partial charge >= 0.3 is 17.6 Å². The Balaban J connectivity index is 2.30. The van der Waals surface area contributed by atoms with E-state index in [-0.39, 0.29) is 23.7 Å². The summed E-state index contributed by atoms with van der Waals surface area (Å²) in [6.07, 6.45) is 3.28. The fourth-order valence-corrected chi connectivity index (χ4v) is 3.09. The summed E-state index contributed by atoms with van der Waals surface area (Å²) < 4.78 is 16.9. The van der Waals surface area contributed by atoms with E-state index in [0.29, 0.717) is 37.4 Å². The normalized spacial score (nSPS) is 13.9. The third-order valence-electron chi connectivity index (χ3n) is 4.75. The van der Waals surface area contributed by atoms with Crippen molar-refractivity contribution in [3.8, 4) is 5.75 Å². The number of amides is 1. The molecule has 10 heteroatoms. The van der Waals surface area contributed by atoms with Crippen molar-refractivity contribution in [2.45, 2.75) is 26.2 Å². The highest BCUT2D eigenvalue weighted by Crippen LogP contribution is 2.29. The summed E-state index contributed by atoms with van der Waals surface area (Å²) in [4.78, 5) is 45.6. The van der Waals surface area contributed by atoms with Gasteiger partial charge in [-0.05, 0) is 18.9 Å². The number of ether oxygens (including phenoxy) is 3. The molecule has 1 aliphatic heterocycles. The number of hydrogen-bond acceptors (Lipinski definition) is 8. The van der Waals surface area contributed by atoms with Crippen molar-refractivity contribution in [2.24, 2.45) is 0 Å². The van der Waals surface area contributed by atoms with Gasteiger partial charge in [0.2, 0.25) is 5.75 Å². The van der Waals surface area contributed by atoms with E-state index in [1.165, 1.54) is 16.4 Å². The lowest BCUT2D eigenvalue weighted by atomic mass is 10.2. The van der Waals surface area contributed by atoms with E-state index >= 15 is 0 Å². The fraction of sp³-hybridized carbons (Fsp3) is 0.500. The standard InChI is InChI=1S/C20H26N4O6/c1-5-6-9-29-16-15(19(26)28-4)21-17-14(23-8-7-10-30-20(23)27)11-13(22(2)3)12-24(17)18(16)25/h11-12H,5-10H2,1-4H3. The number of unbranched alkanes of at least 4 members (excludes halogenated alkanes) is 1. The van der Waals surface area contributed by atoms with Crippen molar-refractivity contribution in [3.05, 3.63) is 28.3 Å². The monoisotopic (exact) mass is 418 g/mol. The Labute approximate surface area is 173 Å². The van der Waals surface area contributed by atoms with Gasteiger partial charge in [0.25, 0.3) is 0 Å². The van der Waals surface area contributed by atoms with Crippen LogP contribution in [0.15, 0.2) is 17.1 Å². The third kappa shape index (κ3) is 4.03. The molecular weight excluding hydrogens is 392 g/mol. The molecule has 30 heavy (non-hydrogen) atoms. The molecule has 0 aliphatic carbocycles. The Bertz CT molecular complexity index is 1020. The van der Waals surface area contributed by atoms with Crippen LogP contribution >= 0.6 is 0 Å². The quantitative estimate of drug-likeness (QED) is 0.497. The summed E-state index contributed by atoms with van der Waals surface area (Å²) in [5, 5.41) is 0. The van der Waals surface area contributed by atoms with Crippen molar-refractivity contribution in [3.63, 3.8) is 0 Å². The average Bonchev–Trinajstić information content (AvgIpc) is 2.74. The first-order valence-electron chi connectivity index (χ1n) is 9.82. The molecule has 2 aromatic rings. The van der Waals surface area contributed by atoms with Crippen LogP contribution in [0.2, 0.25) is 0 Å². The number of pyridine rings is 1. The first kappa shape index (κ1) is 21.4. The Morgan fingerprint density at radius 2 is 2.10 bits per heavy atom. The van der Waals surface area contributed by atoms with E-state index in [1.807, 2.05) is 21.0 Å². The largest absolute Gasteiger partial charge is 0.486 e. The first-order valence-corrected chi connectivity index (χ1v) is 9.82. The average molecular weight is 418 g/mol. The molecule has 3 heterocycles. The Kier molecular flexibility index (Phi) is 6.43. The molecule has 1 saturated heterocycles. The number of anilines is 2. The van der Waals surface area contributed by atoms with Crippen LogP contribution in [0.25, 0.3) is 5.65 Å². The zero-order valence-electron chi connectivity index (χ0n) is 17.6. The maximum Gasteiger partial charge on any atom is 0.414 e. The van der Waals surface area contributed by atoms with Crippen LogP contribution in [0.3, 0.4) is 0 Å². The summed E-state index contributed by atoms with van der Waals surface area (Å²) in [5.41, 5.74) is 0.417. The lowest BCUT2D eigenvalue weighted by Crippen LogP contribution is -2.38. The number of fused-ring (bicyclic) bond motifs is 1. The van der Waals surface area contributed by atoms with Crippen LogP contribution in [-0.4, -0.2) is 62.4 Å². The number of carbonyl (C=O) groups excluding carboxylic acids is 2. The third-order valence-corrected chi connectivity index (χ3v) is 4.75. The zero-order chi connectivity index (χ0) is 21.8. The molecule has 0 aromatic carbocycles. The number of hydrogen-bond donors (Lipinski definition) is 0. The van der Waals surface area contributed by atoms with Gasteiger partial charge in [-0.3, -0.25) is 14.1 Å². The van der Waals surface area contributed by atoms with Crippen molar-refractivity contribution in [2.75, 3.05) is 50.8 Å². The van der Waals surface area contributed by atoms with Crippen molar-refractivity contribution in [1.82, 2.24) is 9.38 Å². The van der Waals surface area contributed by atoms with Crippen LogP contribution < -0.4 is 20.1 Å². The minimum Gasteiger partial charge on any atom is -0.486 e. The van der Waals surface area contributed by atoms with Crippen LogP contribution in [0.5, 0.6) is 5.75 Å². The smallest absolute Gasteiger partial charge is 0.414 e. The van der Waals surface area contributed by atoms with Gasteiger partial charge < -0.3 is 19.1 Å². The van der Waals surface area contributed by atoms with Gasteiger partial charge in [-0.25, -0.2) is 14.6 Å². The summed E-state index contributed by atoms with van der Waals surface area (Å²) in [5.74, 6) is -0.958. The van der Waals surface area contributed by atoms with Gasteiger partial charge in [-0.2, -0.15) is 0 Å². The fourth-order valence-electron chi connectivity index (χ4n) is 3.09. The molecule has 1 aliphatic rings. The number of methoxy groups -OCH3 is 1. The minimum absolute atomic E-state index is 0.146. The minimum atomic E-state index is -0.787. The highest BCUT2D eigenvalue weighted by Gasteiger charge is 2.28. The molecule has 162 valence electrons. The summed E-state index contributed by atoms with van der Waals surface area (Å²) in [6, 6.07) is 1.73. The molecule has 0 saturated carbocycles. The topological polar surface area (TPSA) is 103 Å². The summed E-state index contributed by atoms with van der Waals surface area (Å²) in [7, 11) is 4.85. The second-order valence-corrected chi connectivity index (χ2v) is 7.08. The molecule has 0 radical (unpaired) electrons. The van der Waals surface area contributed by atoms with Gasteiger partial charge in [0.05, 0.1) is 31.7 Å². The molecule has 0 bridgehead atoms. The molecule has 3 rings (SSSR count). The maximum atomic E-state index is 13.3. The van der Waals surface area contributed by atoms with E-state index in [2.05, 4.69) is 4.98 Å². The van der Waals surface area contributed by atoms with Gasteiger partial charge in [0.1, 0.15) is 0 Å². The van der Waals surface area contributed by atoms with Gasteiger partial charge in [0, 0.05) is 26.8 Å². The Morgan fingerprint density at radius 1 is 1.33 bits per heavy atom. The molecule has 10 nitrogen and oxygen atoms in total. The molecule has 0 unspecified atom stereocenters. The molecule has 1 amide bonds. The number of esters is 1. The summed E-state index contributed by atoms with van der Waals surface area (Å²) in [6.45, 7) is 2.99. The predicted molar refractivity (Wildman–Crippen MR) is 111 cm³/mol. The van der Waals surface area contributed by atoms with E-state index in [1.54, 1.807) is 17.2 Å². The number of cyclic esters (lactones) is 1. The predicted octanol–water partition coefficient (Wildman–Crippen LogP) is 2.07. The molecule has 0 N–H and O–H groups in total. The van der Waals surface area contributed by atoms with E-state index < -0.39 is 17.6 Å². The van der Waals surface area contributed by atoms with Crippen LogP contribution in [0.1, 0.15) is 36.7 Å². The van der Waals surface area contributed by atoms with E-state index in [9.17, 15) is 14.4 Å². The van der Waals surface area contributed by atoms with Gasteiger partial charge in [-0.1, -0.05) is 13.3 Å². The Hall–Kier alpha value is -3.30. The highest BCUT2D eigenvalue weighted by molar-refractivity contribution is 5.96. The number of carbonyl (C=O) groups is 2. The van der Waals surface area contributed by atoms with Crippen molar-refractivity contribution >= 4 is 29.1 Å². The first-order chi connectivity index (χ1) is 14.4. The molecule has 1 fully saturated rings. The van der Waals surface area contributed by atoms with Gasteiger partial charge in [-0.15, -0.1) is 0 Å². The molecular formula is C20H26N4O6. The summed E-state index contributed by atoms with van der Waals surface area (Å²) >= 11 is 0. The zero-order valence-corrected chi connectivity index (χ0v) is 17.6. The molecule has 0 spiro atoms. The number of nitrogens with zero attached hydrogens (tertiary/aromatic N) is 4. The lowest BCUT2D eigenvalue weighted by Gasteiger charge is -2.28. The maximum absolute atomic E-state index is 13.3. The molecule has 2 aromatic heterocycles. The van der Waals surface area contributed by atoms with Gasteiger partial charge in [0.15, 0.2) is 11.3 Å². The Morgan fingerprint density at radius 3 is 2.73 bits per heavy atom. The van der Waals surface area contributed by atoms with E-state index in [0.717, 1.165) is 6.42 Å². The SMILES string of the molecule is CCCCOc1c(C(=O)OC)nc2c(N3CCCOC3=O)cc(N(C)C)cn2c1=O. The lowest BCUT2D eigenvalue weighted by molar-refractivity contribution is 0.0588. The van der Waals surface area contributed by atoms with Crippen LogP contribution in [0.4, 0.5) is 16.2 Å². The van der Waals surface area contributed by atoms with E-state index in [4.69, 9.17) is 14.2 Å². The van der Waals surface area contributed by atoms with Crippen LogP contribution in [0, 0.1) is 0 Å². The highest BCUT2D eigenvalue weighted by atomic mass is 16.6. The number of rotatable bonds is 7. The van der Waals surface area contributed by atoms with Crippen molar-refractivity contribution < 1.29 is 23.8 Å².